The Bertz CT molecular complexity index is 421. The standard InChI is InChI=1S/C17H28N2O2/c1-4-8-14(3)19-17(20)12-18-11-15-9-6-7-10-16(15)13-21-5-2/h6-7,9-10,14,18H,4-5,8,11-13H2,1-3H3,(H,19,20). The molecule has 1 aromatic rings. The fourth-order valence-corrected chi connectivity index (χ4v) is 2.22. The smallest absolute Gasteiger partial charge is 0.234 e. The van der Waals surface area contributed by atoms with Crippen LogP contribution in [0, 0.1) is 0 Å². The first kappa shape index (κ1) is 17.7. The maximum Gasteiger partial charge on any atom is 0.234 e. The minimum atomic E-state index is 0.0539. The van der Waals surface area contributed by atoms with Crippen molar-refractivity contribution in [2.75, 3.05) is 13.2 Å². The van der Waals surface area contributed by atoms with Gasteiger partial charge in [0, 0.05) is 19.2 Å². The number of ether oxygens (including phenoxy) is 1. The lowest BCUT2D eigenvalue weighted by molar-refractivity contribution is -0.120. The first-order valence-corrected chi connectivity index (χ1v) is 7.82. The number of benzene rings is 1. The molecule has 0 aliphatic rings. The quantitative estimate of drug-likeness (QED) is 0.697. The molecule has 0 aliphatic carbocycles. The monoisotopic (exact) mass is 292 g/mol. The minimum Gasteiger partial charge on any atom is -0.377 e. The van der Waals surface area contributed by atoms with Gasteiger partial charge in [-0.2, -0.15) is 0 Å². The van der Waals surface area contributed by atoms with Gasteiger partial charge in [0.15, 0.2) is 0 Å². The summed E-state index contributed by atoms with van der Waals surface area (Å²) in [5.74, 6) is 0.0539. The van der Waals surface area contributed by atoms with Crippen LogP contribution in [-0.2, 0) is 22.7 Å². The highest BCUT2D eigenvalue weighted by Gasteiger charge is 2.07. The molecule has 0 aromatic heterocycles. The van der Waals surface area contributed by atoms with Crippen LogP contribution < -0.4 is 10.6 Å². The maximum atomic E-state index is 11.8. The second-order valence-corrected chi connectivity index (χ2v) is 5.27. The summed E-state index contributed by atoms with van der Waals surface area (Å²) in [7, 11) is 0. The number of amides is 1. The number of rotatable bonds is 10. The summed E-state index contributed by atoms with van der Waals surface area (Å²) in [6.45, 7) is 8.50. The van der Waals surface area contributed by atoms with Crippen LogP contribution in [0.25, 0.3) is 0 Å². The largest absolute Gasteiger partial charge is 0.377 e. The van der Waals surface area contributed by atoms with E-state index in [1.165, 1.54) is 11.1 Å². The Morgan fingerprint density at radius 1 is 1.24 bits per heavy atom. The van der Waals surface area contributed by atoms with Crippen molar-refractivity contribution in [1.29, 1.82) is 0 Å². The number of nitrogens with one attached hydrogen (secondary N) is 2. The SMILES string of the molecule is CCCC(C)NC(=O)CNCc1ccccc1COCC. The number of carbonyl (C=O) groups excluding carboxylic acids is 1. The van der Waals surface area contributed by atoms with Crippen LogP contribution in [0.5, 0.6) is 0 Å². The lowest BCUT2D eigenvalue weighted by Gasteiger charge is -2.14. The van der Waals surface area contributed by atoms with Crippen LogP contribution in [-0.4, -0.2) is 25.1 Å². The number of hydrogen-bond donors (Lipinski definition) is 2. The molecule has 1 aromatic carbocycles. The normalized spacial score (nSPS) is 12.1. The molecule has 1 rings (SSSR count). The molecule has 1 unspecified atom stereocenters. The van der Waals surface area contributed by atoms with Crippen molar-refractivity contribution < 1.29 is 9.53 Å². The highest BCUT2D eigenvalue weighted by Crippen LogP contribution is 2.09. The molecule has 21 heavy (non-hydrogen) atoms. The molecular formula is C17H28N2O2. The molecule has 0 heterocycles. The van der Waals surface area contributed by atoms with E-state index in [4.69, 9.17) is 4.74 Å². The predicted molar refractivity (Wildman–Crippen MR) is 86.0 cm³/mol. The zero-order chi connectivity index (χ0) is 15.5. The Hall–Kier alpha value is -1.39. The number of carbonyl (C=O) groups is 1. The van der Waals surface area contributed by atoms with E-state index in [0.717, 1.165) is 12.8 Å². The van der Waals surface area contributed by atoms with E-state index in [0.29, 0.717) is 26.3 Å². The summed E-state index contributed by atoms with van der Waals surface area (Å²) in [6, 6.07) is 8.40. The lowest BCUT2D eigenvalue weighted by Crippen LogP contribution is -2.38. The highest BCUT2D eigenvalue weighted by molar-refractivity contribution is 5.78. The highest BCUT2D eigenvalue weighted by atomic mass is 16.5. The molecule has 0 saturated carbocycles. The molecule has 4 nitrogen and oxygen atoms in total. The fraction of sp³-hybridized carbons (Fsp3) is 0.588. The molecule has 0 saturated heterocycles. The van der Waals surface area contributed by atoms with Crippen molar-refractivity contribution in [2.45, 2.75) is 52.8 Å². The summed E-state index contributed by atoms with van der Waals surface area (Å²) in [4.78, 5) is 11.8. The van der Waals surface area contributed by atoms with E-state index in [2.05, 4.69) is 29.7 Å². The fourth-order valence-electron chi connectivity index (χ4n) is 2.22. The van der Waals surface area contributed by atoms with Crippen molar-refractivity contribution in [3.63, 3.8) is 0 Å². The van der Waals surface area contributed by atoms with Gasteiger partial charge in [0.1, 0.15) is 0 Å². The van der Waals surface area contributed by atoms with Crippen LogP contribution in [0.3, 0.4) is 0 Å². The zero-order valence-corrected chi connectivity index (χ0v) is 13.4. The van der Waals surface area contributed by atoms with E-state index in [-0.39, 0.29) is 11.9 Å². The Balaban J connectivity index is 2.36. The van der Waals surface area contributed by atoms with Crippen LogP contribution in [0.15, 0.2) is 24.3 Å². The molecular weight excluding hydrogens is 264 g/mol. The Kier molecular flexibility index (Phi) is 8.71. The summed E-state index contributed by atoms with van der Waals surface area (Å²) < 4.78 is 5.46. The van der Waals surface area contributed by atoms with E-state index in [1.54, 1.807) is 0 Å². The van der Waals surface area contributed by atoms with Gasteiger partial charge < -0.3 is 15.4 Å². The van der Waals surface area contributed by atoms with E-state index in [1.807, 2.05) is 26.0 Å². The van der Waals surface area contributed by atoms with Crippen molar-refractivity contribution in [3.05, 3.63) is 35.4 Å². The van der Waals surface area contributed by atoms with Crippen LogP contribution >= 0.6 is 0 Å². The van der Waals surface area contributed by atoms with Crippen molar-refractivity contribution >= 4 is 5.91 Å². The van der Waals surface area contributed by atoms with E-state index < -0.39 is 0 Å². The Morgan fingerprint density at radius 3 is 2.62 bits per heavy atom. The van der Waals surface area contributed by atoms with E-state index >= 15 is 0 Å². The summed E-state index contributed by atoms with van der Waals surface area (Å²) in [5, 5.41) is 6.19. The third kappa shape index (κ3) is 7.25. The summed E-state index contributed by atoms with van der Waals surface area (Å²) in [6.07, 6.45) is 2.10. The van der Waals surface area contributed by atoms with Gasteiger partial charge in [0.05, 0.1) is 13.2 Å². The average molecular weight is 292 g/mol. The van der Waals surface area contributed by atoms with Crippen molar-refractivity contribution in [3.8, 4) is 0 Å². The minimum absolute atomic E-state index is 0.0539. The third-order valence-electron chi connectivity index (χ3n) is 3.31. The second-order valence-electron chi connectivity index (χ2n) is 5.27. The van der Waals surface area contributed by atoms with Gasteiger partial charge in [-0.15, -0.1) is 0 Å². The van der Waals surface area contributed by atoms with Gasteiger partial charge >= 0.3 is 0 Å². The lowest BCUT2D eigenvalue weighted by atomic mass is 10.1. The molecule has 0 bridgehead atoms. The van der Waals surface area contributed by atoms with Crippen LogP contribution in [0.4, 0.5) is 0 Å². The summed E-state index contributed by atoms with van der Waals surface area (Å²) in [5.41, 5.74) is 2.35. The number of hydrogen-bond acceptors (Lipinski definition) is 3. The first-order chi connectivity index (χ1) is 10.2. The molecule has 1 atom stereocenters. The Morgan fingerprint density at radius 2 is 1.95 bits per heavy atom. The molecule has 1 amide bonds. The topological polar surface area (TPSA) is 50.4 Å². The van der Waals surface area contributed by atoms with Crippen LogP contribution in [0.1, 0.15) is 44.7 Å². The van der Waals surface area contributed by atoms with Gasteiger partial charge in [-0.05, 0) is 31.4 Å². The zero-order valence-electron chi connectivity index (χ0n) is 13.4. The van der Waals surface area contributed by atoms with E-state index in [9.17, 15) is 4.79 Å². The van der Waals surface area contributed by atoms with Gasteiger partial charge in [-0.25, -0.2) is 0 Å². The van der Waals surface area contributed by atoms with Crippen molar-refractivity contribution in [1.82, 2.24) is 10.6 Å². The second kappa shape index (κ2) is 10.4. The molecule has 0 radical (unpaired) electrons. The van der Waals surface area contributed by atoms with Gasteiger partial charge in [0.2, 0.25) is 5.91 Å². The van der Waals surface area contributed by atoms with Gasteiger partial charge in [-0.3, -0.25) is 4.79 Å². The first-order valence-electron chi connectivity index (χ1n) is 7.82. The maximum absolute atomic E-state index is 11.8. The molecule has 4 heteroatoms. The summed E-state index contributed by atoms with van der Waals surface area (Å²) >= 11 is 0. The Labute approximate surface area is 128 Å². The molecule has 118 valence electrons. The molecule has 0 spiro atoms. The average Bonchev–Trinajstić information content (AvgIpc) is 2.46. The van der Waals surface area contributed by atoms with Gasteiger partial charge in [0.25, 0.3) is 0 Å². The predicted octanol–water partition coefficient (Wildman–Crippen LogP) is 2.62. The van der Waals surface area contributed by atoms with Crippen molar-refractivity contribution in [2.24, 2.45) is 0 Å². The van der Waals surface area contributed by atoms with Crippen LogP contribution in [0.2, 0.25) is 0 Å². The third-order valence-corrected chi connectivity index (χ3v) is 3.31. The molecule has 0 aliphatic heterocycles. The molecule has 2 N–H and O–H groups in total. The molecule has 0 fully saturated rings. The van der Waals surface area contributed by atoms with Gasteiger partial charge in [-0.1, -0.05) is 37.6 Å².